The third-order valence-corrected chi connectivity index (χ3v) is 6.04. The van der Waals surface area contributed by atoms with Gasteiger partial charge in [0.1, 0.15) is 23.3 Å². The molecule has 0 spiro atoms. The van der Waals surface area contributed by atoms with Gasteiger partial charge in [0, 0.05) is 0 Å². The van der Waals surface area contributed by atoms with E-state index >= 15 is 0 Å². The first-order valence-electron chi connectivity index (χ1n) is 10.6. The molecule has 4 aromatic rings. The summed E-state index contributed by atoms with van der Waals surface area (Å²) in [6.07, 6.45) is 2.22. The molecule has 3 aromatic carbocycles. The maximum atomic E-state index is 12.5. The number of nitrogens with one attached hydrogen (secondary N) is 1. The molecule has 0 saturated heterocycles. The summed E-state index contributed by atoms with van der Waals surface area (Å²) in [5, 5.41) is 23.5. The van der Waals surface area contributed by atoms with Crippen molar-refractivity contribution < 1.29 is 14.3 Å². The van der Waals surface area contributed by atoms with Gasteiger partial charge in [0.05, 0.1) is 7.11 Å². The molecule has 0 bridgehead atoms. The second-order valence-corrected chi connectivity index (χ2v) is 8.42. The lowest BCUT2D eigenvalue weighted by atomic mass is 10.1. The summed E-state index contributed by atoms with van der Waals surface area (Å²) in [7, 11) is 1.55. The van der Waals surface area contributed by atoms with Gasteiger partial charge in [-0.15, -0.1) is 10.2 Å². The van der Waals surface area contributed by atoms with E-state index in [1.807, 2.05) is 31.2 Å². The van der Waals surface area contributed by atoms with Gasteiger partial charge >= 0.3 is 0 Å². The van der Waals surface area contributed by atoms with Crippen LogP contribution in [0.15, 0.2) is 66.2 Å². The maximum Gasteiger partial charge on any atom is 0.268 e. The number of hydrogen-bond acceptors (Lipinski definition) is 7. The Bertz CT molecular complexity index is 1400. The van der Waals surface area contributed by atoms with Gasteiger partial charge in [0.25, 0.3) is 5.91 Å². The molecule has 1 amide bonds. The molecule has 0 aliphatic carbocycles. The number of methoxy groups -OCH3 is 1. The van der Waals surface area contributed by atoms with E-state index in [-0.39, 0.29) is 5.57 Å². The van der Waals surface area contributed by atoms with Gasteiger partial charge in [-0.2, -0.15) is 5.26 Å². The monoisotopic (exact) mass is 470 g/mol. The zero-order valence-corrected chi connectivity index (χ0v) is 19.6. The molecule has 1 heterocycles. The van der Waals surface area contributed by atoms with Crippen LogP contribution in [0.25, 0.3) is 16.8 Å². The molecule has 1 N–H and O–H groups in total. The molecule has 0 radical (unpaired) electrons. The van der Waals surface area contributed by atoms with Gasteiger partial charge in [0.15, 0.2) is 11.5 Å². The molecular formula is C26H22N4O3S. The van der Waals surface area contributed by atoms with E-state index < -0.39 is 5.91 Å². The van der Waals surface area contributed by atoms with Crippen molar-refractivity contribution in [3.63, 3.8) is 0 Å². The van der Waals surface area contributed by atoms with Crippen molar-refractivity contribution in [2.75, 3.05) is 12.4 Å². The average molecular weight is 471 g/mol. The molecule has 8 heteroatoms. The smallest absolute Gasteiger partial charge is 0.268 e. The summed E-state index contributed by atoms with van der Waals surface area (Å²) in [5.74, 6) is 0.526. The Hall–Kier alpha value is -4.22. The van der Waals surface area contributed by atoms with Crippen LogP contribution in [0.1, 0.15) is 23.1 Å². The first-order chi connectivity index (χ1) is 16.6. The molecule has 4 rings (SSSR count). The third kappa shape index (κ3) is 5.39. The minimum Gasteiger partial charge on any atom is -0.493 e. The van der Waals surface area contributed by atoms with E-state index in [4.69, 9.17) is 9.47 Å². The SMILES string of the molecule is CCc1nnc(NC(=O)/C(C#N)=C/c2ccc(OCc3ccc4ccccc4c3)c(OC)c2)s1. The number of hydrogen-bond donors (Lipinski definition) is 1. The Balaban J connectivity index is 1.48. The Kier molecular flexibility index (Phi) is 7.16. The van der Waals surface area contributed by atoms with Crippen molar-refractivity contribution in [2.24, 2.45) is 0 Å². The number of carbonyl (C=O) groups is 1. The zero-order valence-electron chi connectivity index (χ0n) is 18.7. The first kappa shape index (κ1) is 23.0. The number of fused-ring (bicyclic) bond motifs is 1. The van der Waals surface area contributed by atoms with Crippen LogP contribution in [0.2, 0.25) is 0 Å². The predicted molar refractivity (Wildman–Crippen MR) is 133 cm³/mol. The fourth-order valence-electron chi connectivity index (χ4n) is 3.31. The normalized spacial score (nSPS) is 11.1. The lowest BCUT2D eigenvalue weighted by molar-refractivity contribution is -0.112. The Morgan fingerprint density at radius 2 is 1.91 bits per heavy atom. The summed E-state index contributed by atoms with van der Waals surface area (Å²) in [6, 6.07) is 21.5. The fraction of sp³-hybridized carbons (Fsp3) is 0.154. The van der Waals surface area contributed by atoms with Crippen molar-refractivity contribution >= 4 is 39.2 Å². The van der Waals surface area contributed by atoms with Gasteiger partial charge in [-0.25, -0.2) is 0 Å². The number of aromatic nitrogens is 2. The van der Waals surface area contributed by atoms with Crippen LogP contribution < -0.4 is 14.8 Å². The third-order valence-electron chi connectivity index (χ3n) is 5.06. The summed E-state index contributed by atoms with van der Waals surface area (Å²) in [5.41, 5.74) is 1.62. The highest BCUT2D eigenvalue weighted by Crippen LogP contribution is 2.30. The summed E-state index contributed by atoms with van der Waals surface area (Å²) >= 11 is 1.28. The summed E-state index contributed by atoms with van der Waals surface area (Å²) < 4.78 is 11.5. The molecule has 170 valence electrons. The van der Waals surface area contributed by atoms with Crippen LogP contribution in [0.3, 0.4) is 0 Å². The van der Waals surface area contributed by atoms with Gasteiger partial charge in [-0.1, -0.05) is 60.7 Å². The van der Waals surface area contributed by atoms with E-state index in [9.17, 15) is 10.1 Å². The average Bonchev–Trinajstić information content (AvgIpc) is 3.33. The number of anilines is 1. The van der Waals surface area contributed by atoms with Gasteiger partial charge in [0.2, 0.25) is 5.13 Å². The second kappa shape index (κ2) is 10.6. The topological polar surface area (TPSA) is 97.1 Å². The highest BCUT2D eigenvalue weighted by Gasteiger charge is 2.13. The predicted octanol–water partition coefficient (Wildman–Crippen LogP) is 5.39. The number of benzene rings is 3. The number of carbonyl (C=O) groups excluding carboxylic acids is 1. The van der Waals surface area contributed by atoms with Crippen molar-refractivity contribution in [3.8, 4) is 17.6 Å². The molecule has 0 atom stereocenters. The van der Waals surface area contributed by atoms with E-state index in [0.717, 1.165) is 22.4 Å². The Morgan fingerprint density at radius 3 is 2.65 bits per heavy atom. The molecule has 0 aliphatic heterocycles. The van der Waals surface area contributed by atoms with Crippen LogP contribution >= 0.6 is 11.3 Å². The van der Waals surface area contributed by atoms with Crippen LogP contribution in [-0.4, -0.2) is 23.2 Å². The summed E-state index contributed by atoms with van der Waals surface area (Å²) in [6.45, 7) is 2.33. The van der Waals surface area contributed by atoms with Crippen LogP contribution in [-0.2, 0) is 17.8 Å². The van der Waals surface area contributed by atoms with Crippen LogP contribution in [0.4, 0.5) is 5.13 Å². The molecule has 34 heavy (non-hydrogen) atoms. The number of ether oxygens (including phenoxy) is 2. The van der Waals surface area contributed by atoms with Crippen molar-refractivity contribution in [1.29, 1.82) is 5.26 Å². The molecule has 0 fully saturated rings. The highest BCUT2D eigenvalue weighted by atomic mass is 32.1. The van der Waals surface area contributed by atoms with E-state index in [1.165, 1.54) is 22.8 Å². The largest absolute Gasteiger partial charge is 0.493 e. The van der Waals surface area contributed by atoms with Gasteiger partial charge in [-0.3, -0.25) is 10.1 Å². The maximum absolute atomic E-state index is 12.5. The van der Waals surface area contributed by atoms with Gasteiger partial charge < -0.3 is 9.47 Å². The van der Waals surface area contributed by atoms with Crippen LogP contribution in [0, 0.1) is 11.3 Å². The van der Waals surface area contributed by atoms with E-state index in [2.05, 4.69) is 39.8 Å². The lowest BCUT2D eigenvalue weighted by Crippen LogP contribution is -2.13. The van der Waals surface area contributed by atoms with Crippen molar-refractivity contribution in [1.82, 2.24) is 10.2 Å². The van der Waals surface area contributed by atoms with E-state index in [0.29, 0.717) is 28.8 Å². The highest BCUT2D eigenvalue weighted by molar-refractivity contribution is 7.15. The van der Waals surface area contributed by atoms with Crippen molar-refractivity contribution in [3.05, 3.63) is 82.4 Å². The fourth-order valence-corrected chi connectivity index (χ4v) is 3.98. The number of nitrogens with zero attached hydrogens (tertiary/aromatic N) is 3. The molecule has 0 saturated carbocycles. The number of amides is 1. The first-order valence-corrected chi connectivity index (χ1v) is 11.4. The number of nitriles is 1. The van der Waals surface area contributed by atoms with E-state index in [1.54, 1.807) is 25.3 Å². The summed E-state index contributed by atoms with van der Waals surface area (Å²) in [4.78, 5) is 12.5. The number of aryl methyl sites for hydroxylation is 1. The molecule has 1 aromatic heterocycles. The molecule has 7 nitrogen and oxygen atoms in total. The molecule has 0 aliphatic rings. The molecular weight excluding hydrogens is 448 g/mol. The quantitative estimate of drug-likeness (QED) is 0.274. The standard InChI is InChI=1S/C26H22N4O3S/c1-3-24-29-30-26(34-24)28-25(31)21(15-27)12-17-9-11-22(23(14-17)32-2)33-16-18-8-10-19-6-4-5-7-20(19)13-18/h4-14H,3,16H2,1-2H3,(H,28,30,31)/b21-12+. The van der Waals surface area contributed by atoms with Crippen molar-refractivity contribution in [2.45, 2.75) is 20.0 Å². The Labute approximate surface area is 201 Å². The minimum atomic E-state index is -0.545. The van der Waals surface area contributed by atoms with Crippen LogP contribution in [0.5, 0.6) is 11.5 Å². The minimum absolute atomic E-state index is 0.0554. The zero-order chi connectivity index (χ0) is 23.9. The second-order valence-electron chi connectivity index (χ2n) is 7.36. The van der Waals surface area contributed by atoms with Gasteiger partial charge in [-0.05, 0) is 52.6 Å². The Morgan fingerprint density at radius 1 is 1.09 bits per heavy atom. The lowest BCUT2D eigenvalue weighted by Gasteiger charge is -2.12. The molecule has 0 unspecified atom stereocenters. The number of rotatable bonds is 8.